The van der Waals surface area contributed by atoms with E-state index in [4.69, 9.17) is 20.6 Å². The first-order valence-corrected chi connectivity index (χ1v) is 10.3. The fraction of sp³-hybridized carbons (Fsp3) is 0.400. The van der Waals surface area contributed by atoms with E-state index in [1.807, 2.05) is 42.5 Å². The van der Waals surface area contributed by atoms with Crippen molar-refractivity contribution in [3.05, 3.63) is 59.7 Å². The summed E-state index contributed by atoms with van der Waals surface area (Å²) in [6, 6.07) is 15.5. The minimum absolute atomic E-state index is 0.0185. The fourth-order valence-electron chi connectivity index (χ4n) is 4.13. The summed E-state index contributed by atoms with van der Waals surface area (Å²) in [6.07, 6.45) is 8.76. The Morgan fingerprint density at radius 3 is 2.53 bits per heavy atom. The summed E-state index contributed by atoms with van der Waals surface area (Å²) in [5.41, 5.74) is 1.93. The number of carbonyl (C=O) groups is 1. The summed E-state index contributed by atoms with van der Waals surface area (Å²) in [7, 11) is 3.26. The highest BCUT2D eigenvalue weighted by atomic mass is 16.5. The predicted molar refractivity (Wildman–Crippen MR) is 117 cm³/mol. The number of amides is 1. The number of terminal acetylenes is 1. The van der Waals surface area contributed by atoms with E-state index in [1.54, 1.807) is 14.2 Å². The highest BCUT2D eigenvalue weighted by Crippen LogP contribution is 2.37. The van der Waals surface area contributed by atoms with Crippen LogP contribution < -0.4 is 14.8 Å². The van der Waals surface area contributed by atoms with Crippen LogP contribution in [-0.2, 0) is 9.53 Å². The van der Waals surface area contributed by atoms with Crippen LogP contribution in [0.15, 0.2) is 48.5 Å². The Kier molecular flexibility index (Phi) is 7.75. The molecule has 3 atom stereocenters. The average Bonchev–Trinajstić information content (AvgIpc) is 2.80. The molecule has 1 fully saturated rings. The summed E-state index contributed by atoms with van der Waals surface area (Å²) in [4.78, 5) is 13.2. The molecule has 3 rings (SSSR count). The number of rotatable bonds is 8. The van der Waals surface area contributed by atoms with Gasteiger partial charge in [-0.2, -0.15) is 0 Å². The van der Waals surface area contributed by atoms with Gasteiger partial charge in [0, 0.05) is 12.0 Å². The zero-order valence-electron chi connectivity index (χ0n) is 17.6. The van der Waals surface area contributed by atoms with Crippen LogP contribution in [0.2, 0.25) is 0 Å². The number of carbonyl (C=O) groups excluding carboxylic acids is 1. The van der Waals surface area contributed by atoms with Gasteiger partial charge in [0.2, 0.25) is 0 Å². The molecule has 1 saturated carbocycles. The molecule has 1 N–H and O–H groups in total. The smallest absolute Gasteiger partial charge is 0.254 e. The molecule has 0 spiro atoms. The van der Waals surface area contributed by atoms with Crippen molar-refractivity contribution in [3.63, 3.8) is 0 Å². The number of hydrogen-bond donors (Lipinski definition) is 1. The number of hydrogen-bond acceptors (Lipinski definition) is 4. The van der Waals surface area contributed by atoms with Crippen molar-refractivity contribution in [1.29, 1.82) is 0 Å². The third-order valence-corrected chi connectivity index (χ3v) is 5.60. The van der Waals surface area contributed by atoms with Crippen molar-refractivity contribution < 1.29 is 19.0 Å². The second kappa shape index (κ2) is 10.7. The Bertz CT molecular complexity index is 874. The van der Waals surface area contributed by atoms with Gasteiger partial charge in [0.25, 0.3) is 5.91 Å². The van der Waals surface area contributed by atoms with Crippen LogP contribution in [0.5, 0.6) is 11.5 Å². The van der Waals surface area contributed by atoms with Crippen LogP contribution in [0.3, 0.4) is 0 Å². The topological polar surface area (TPSA) is 56.8 Å². The Morgan fingerprint density at radius 1 is 1.10 bits per heavy atom. The lowest BCUT2D eigenvalue weighted by atomic mass is 9.79. The lowest BCUT2D eigenvalue weighted by Gasteiger charge is -2.34. The molecule has 2 aromatic rings. The molecule has 5 heteroatoms. The maximum Gasteiger partial charge on any atom is 0.254 e. The number of benzene rings is 2. The molecule has 2 aromatic carbocycles. The van der Waals surface area contributed by atoms with Gasteiger partial charge < -0.3 is 19.5 Å². The van der Waals surface area contributed by atoms with Gasteiger partial charge in [0.1, 0.15) is 6.61 Å². The van der Waals surface area contributed by atoms with E-state index in [0.29, 0.717) is 11.5 Å². The molecule has 1 aliphatic carbocycles. The molecule has 0 saturated heterocycles. The molecule has 0 bridgehead atoms. The standard InChI is InChI=1S/C25H29NO4/c1-4-16-30-24(18-10-6-5-7-11-18)25(27)26-21-13-9-8-12-20(21)19-14-15-22(28-2)23(17-19)29-3/h1,5-7,10-11,14-15,17,20-21,24H,8-9,12-13,16H2,2-3H3,(H,26,27)/t20-,21+,24?/m1/s1. The molecule has 0 aliphatic heterocycles. The van der Waals surface area contributed by atoms with E-state index in [9.17, 15) is 4.79 Å². The third kappa shape index (κ3) is 5.14. The van der Waals surface area contributed by atoms with Crippen molar-refractivity contribution in [2.24, 2.45) is 0 Å². The normalized spacial score (nSPS) is 19.4. The van der Waals surface area contributed by atoms with Gasteiger partial charge in [-0.25, -0.2) is 0 Å². The van der Waals surface area contributed by atoms with Crippen LogP contribution in [0.25, 0.3) is 0 Å². The second-order valence-electron chi connectivity index (χ2n) is 7.43. The molecule has 30 heavy (non-hydrogen) atoms. The minimum Gasteiger partial charge on any atom is -0.493 e. The van der Waals surface area contributed by atoms with Crippen LogP contribution in [0.4, 0.5) is 0 Å². The third-order valence-electron chi connectivity index (χ3n) is 5.60. The zero-order valence-corrected chi connectivity index (χ0v) is 17.6. The van der Waals surface area contributed by atoms with E-state index in [-0.39, 0.29) is 24.5 Å². The van der Waals surface area contributed by atoms with Crippen molar-refractivity contribution in [3.8, 4) is 23.8 Å². The van der Waals surface area contributed by atoms with E-state index in [2.05, 4.69) is 17.3 Å². The first-order chi connectivity index (χ1) is 14.7. The van der Waals surface area contributed by atoms with Crippen LogP contribution in [0.1, 0.15) is 48.8 Å². The average molecular weight is 408 g/mol. The van der Waals surface area contributed by atoms with Gasteiger partial charge >= 0.3 is 0 Å². The largest absolute Gasteiger partial charge is 0.493 e. The Labute approximate surface area is 178 Å². The molecule has 1 aliphatic rings. The molecule has 0 radical (unpaired) electrons. The highest BCUT2D eigenvalue weighted by Gasteiger charge is 2.31. The summed E-state index contributed by atoms with van der Waals surface area (Å²) in [5, 5.41) is 3.24. The lowest BCUT2D eigenvalue weighted by Crippen LogP contribution is -2.43. The molecule has 158 valence electrons. The highest BCUT2D eigenvalue weighted by molar-refractivity contribution is 5.82. The first kappa shape index (κ1) is 21.7. The molecular weight excluding hydrogens is 378 g/mol. The minimum atomic E-state index is -0.727. The molecular formula is C25H29NO4. The van der Waals surface area contributed by atoms with Gasteiger partial charge in [-0.1, -0.05) is 55.2 Å². The Morgan fingerprint density at radius 2 is 1.83 bits per heavy atom. The molecule has 5 nitrogen and oxygen atoms in total. The maximum absolute atomic E-state index is 13.2. The van der Waals surface area contributed by atoms with Crippen LogP contribution in [-0.4, -0.2) is 32.8 Å². The fourth-order valence-corrected chi connectivity index (χ4v) is 4.13. The molecule has 1 amide bonds. The zero-order chi connectivity index (χ0) is 21.3. The van der Waals surface area contributed by atoms with Gasteiger partial charge in [-0.3, -0.25) is 4.79 Å². The van der Waals surface area contributed by atoms with Crippen molar-refractivity contribution in [2.75, 3.05) is 20.8 Å². The van der Waals surface area contributed by atoms with Crippen molar-refractivity contribution in [1.82, 2.24) is 5.32 Å². The summed E-state index contributed by atoms with van der Waals surface area (Å²) in [5.74, 6) is 3.90. The van der Waals surface area contributed by atoms with Crippen LogP contribution in [0, 0.1) is 12.3 Å². The van der Waals surface area contributed by atoms with E-state index in [1.165, 1.54) is 0 Å². The second-order valence-corrected chi connectivity index (χ2v) is 7.43. The van der Waals surface area contributed by atoms with Gasteiger partial charge in [-0.15, -0.1) is 6.42 Å². The van der Waals surface area contributed by atoms with Gasteiger partial charge in [0.15, 0.2) is 17.6 Å². The van der Waals surface area contributed by atoms with E-state index < -0.39 is 6.10 Å². The number of nitrogens with one attached hydrogen (secondary N) is 1. The number of methoxy groups -OCH3 is 2. The summed E-state index contributed by atoms with van der Waals surface area (Å²) in [6.45, 7) is 0.0801. The van der Waals surface area contributed by atoms with Gasteiger partial charge in [-0.05, 0) is 36.1 Å². The summed E-state index contributed by atoms with van der Waals surface area (Å²) >= 11 is 0. The van der Waals surface area contributed by atoms with E-state index >= 15 is 0 Å². The van der Waals surface area contributed by atoms with Crippen molar-refractivity contribution >= 4 is 5.91 Å². The maximum atomic E-state index is 13.2. The molecule has 1 unspecified atom stereocenters. The molecule has 0 aromatic heterocycles. The van der Waals surface area contributed by atoms with Crippen LogP contribution >= 0.6 is 0 Å². The van der Waals surface area contributed by atoms with Gasteiger partial charge in [0.05, 0.1) is 14.2 Å². The predicted octanol–water partition coefficient (Wildman–Crippen LogP) is 4.24. The first-order valence-electron chi connectivity index (χ1n) is 10.3. The number of ether oxygens (including phenoxy) is 3. The Balaban J connectivity index is 1.80. The molecule has 0 heterocycles. The Hall–Kier alpha value is -2.97. The monoisotopic (exact) mass is 407 g/mol. The van der Waals surface area contributed by atoms with E-state index in [0.717, 1.165) is 36.8 Å². The SMILES string of the molecule is C#CCOC(C(=O)N[C@H]1CCCC[C@@H]1c1ccc(OC)c(OC)c1)c1ccccc1. The summed E-state index contributed by atoms with van der Waals surface area (Å²) < 4.78 is 16.5. The van der Waals surface area contributed by atoms with Crippen molar-refractivity contribution in [2.45, 2.75) is 43.7 Å². The lowest BCUT2D eigenvalue weighted by molar-refractivity contribution is -0.133. The quantitative estimate of drug-likeness (QED) is 0.665.